The zero-order valence-corrected chi connectivity index (χ0v) is 12.1. The first kappa shape index (κ1) is 15.1. The summed E-state index contributed by atoms with van der Waals surface area (Å²) in [4.78, 5) is 14.4. The SMILES string of the molecule is CCN(CC)CCSc1ccc(C)c(C(=O)O)c1. The summed E-state index contributed by atoms with van der Waals surface area (Å²) in [6, 6.07) is 5.64. The van der Waals surface area contributed by atoms with Crippen LogP contribution in [0.15, 0.2) is 23.1 Å². The smallest absolute Gasteiger partial charge is 0.335 e. The molecule has 4 heteroatoms. The van der Waals surface area contributed by atoms with Crippen molar-refractivity contribution in [1.29, 1.82) is 0 Å². The molecule has 3 nitrogen and oxygen atoms in total. The van der Waals surface area contributed by atoms with Crippen molar-refractivity contribution in [3.63, 3.8) is 0 Å². The minimum absolute atomic E-state index is 0.405. The van der Waals surface area contributed by atoms with Crippen molar-refractivity contribution in [2.45, 2.75) is 25.7 Å². The molecule has 0 atom stereocenters. The molecule has 0 saturated heterocycles. The second-order valence-corrected chi connectivity index (χ2v) is 5.33. The second-order valence-electron chi connectivity index (χ2n) is 4.16. The van der Waals surface area contributed by atoms with E-state index in [1.807, 2.05) is 19.1 Å². The minimum Gasteiger partial charge on any atom is -0.478 e. The third-order valence-electron chi connectivity index (χ3n) is 3.01. The molecule has 1 aromatic rings. The van der Waals surface area contributed by atoms with Crippen LogP contribution in [-0.2, 0) is 0 Å². The molecule has 100 valence electrons. The van der Waals surface area contributed by atoms with Gasteiger partial charge >= 0.3 is 5.97 Å². The summed E-state index contributed by atoms with van der Waals surface area (Å²) >= 11 is 1.71. The lowest BCUT2D eigenvalue weighted by Crippen LogP contribution is -2.25. The van der Waals surface area contributed by atoms with Crippen LogP contribution in [0.3, 0.4) is 0 Å². The molecule has 0 fully saturated rings. The van der Waals surface area contributed by atoms with Crippen LogP contribution in [0.5, 0.6) is 0 Å². The van der Waals surface area contributed by atoms with E-state index in [9.17, 15) is 4.79 Å². The summed E-state index contributed by atoms with van der Waals surface area (Å²) in [5, 5.41) is 9.06. The van der Waals surface area contributed by atoms with Crippen LogP contribution in [0.25, 0.3) is 0 Å². The summed E-state index contributed by atoms with van der Waals surface area (Å²) in [6.45, 7) is 9.30. The lowest BCUT2D eigenvalue weighted by Gasteiger charge is -2.17. The van der Waals surface area contributed by atoms with E-state index in [1.165, 1.54) is 0 Å². The summed E-state index contributed by atoms with van der Waals surface area (Å²) in [6.07, 6.45) is 0. The van der Waals surface area contributed by atoms with Gasteiger partial charge in [-0.1, -0.05) is 19.9 Å². The van der Waals surface area contributed by atoms with E-state index in [1.54, 1.807) is 17.8 Å². The van der Waals surface area contributed by atoms with E-state index in [-0.39, 0.29) is 0 Å². The van der Waals surface area contributed by atoms with Crippen LogP contribution in [0.1, 0.15) is 29.8 Å². The fourth-order valence-corrected chi connectivity index (χ4v) is 2.70. The summed E-state index contributed by atoms with van der Waals surface area (Å²) in [7, 11) is 0. The van der Waals surface area contributed by atoms with Crippen LogP contribution >= 0.6 is 11.8 Å². The van der Waals surface area contributed by atoms with Gasteiger partial charge in [0.05, 0.1) is 5.56 Å². The van der Waals surface area contributed by atoms with Crippen molar-refractivity contribution >= 4 is 17.7 Å². The van der Waals surface area contributed by atoms with Gasteiger partial charge in [-0.25, -0.2) is 4.79 Å². The topological polar surface area (TPSA) is 40.5 Å². The van der Waals surface area contributed by atoms with Crippen molar-refractivity contribution in [1.82, 2.24) is 4.90 Å². The lowest BCUT2D eigenvalue weighted by atomic mass is 10.1. The highest BCUT2D eigenvalue weighted by Gasteiger charge is 2.08. The monoisotopic (exact) mass is 267 g/mol. The molecule has 18 heavy (non-hydrogen) atoms. The van der Waals surface area contributed by atoms with Crippen LogP contribution in [0, 0.1) is 6.92 Å². The van der Waals surface area contributed by atoms with Crippen LogP contribution in [0.4, 0.5) is 0 Å². The molecule has 0 aliphatic heterocycles. The first-order valence-corrected chi connectivity index (χ1v) is 7.26. The van der Waals surface area contributed by atoms with Crippen molar-refractivity contribution in [3.05, 3.63) is 29.3 Å². The number of benzene rings is 1. The molecule has 0 aliphatic carbocycles. The van der Waals surface area contributed by atoms with Gasteiger partial charge in [0, 0.05) is 17.2 Å². The summed E-state index contributed by atoms with van der Waals surface area (Å²) in [5.74, 6) is 0.141. The van der Waals surface area contributed by atoms with Crippen LogP contribution in [0.2, 0.25) is 0 Å². The number of rotatable bonds is 7. The number of aryl methyl sites for hydroxylation is 1. The fourth-order valence-electron chi connectivity index (χ4n) is 1.75. The molecular formula is C14H21NO2S. The van der Waals surface area contributed by atoms with Crippen LogP contribution in [-0.4, -0.2) is 41.4 Å². The Hall–Kier alpha value is -1.00. The Morgan fingerprint density at radius 3 is 2.56 bits per heavy atom. The highest BCUT2D eigenvalue weighted by molar-refractivity contribution is 7.99. The number of carboxylic acid groups (broad SMARTS) is 1. The number of nitrogens with zero attached hydrogens (tertiary/aromatic N) is 1. The maximum atomic E-state index is 11.0. The van der Waals surface area contributed by atoms with Gasteiger partial charge in [-0.3, -0.25) is 0 Å². The molecule has 0 radical (unpaired) electrons. The standard InChI is InChI=1S/C14H21NO2S/c1-4-15(5-2)8-9-18-12-7-6-11(3)13(10-12)14(16)17/h6-7,10H,4-5,8-9H2,1-3H3,(H,16,17). The normalized spacial score (nSPS) is 10.9. The predicted molar refractivity (Wildman–Crippen MR) is 76.7 cm³/mol. The van der Waals surface area contributed by atoms with E-state index >= 15 is 0 Å². The Morgan fingerprint density at radius 1 is 1.33 bits per heavy atom. The number of carbonyl (C=O) groups is 1. The zero-order valence-electron chi connectivity index (χ0n) is 11.3. The zero-order chi connectivity index (χ0) is 13.5. The molecule has 0 bridgehead atoms. The average Bonchev–Trinajstić information content (AvgIpc) is 2.36. The van der Waals surface area contributed by atoms with E-state index < -0.39 is 5.97 Å². The first-order chi connectivity index (χ1) is 8.58. The van der Waals surface area contributed by atoms with Gasteiger partial charge in [0.1, 0.15) is 0 Å². The molecule has 0 aliphatic rings. The Bertz CT molecular complexity index is 403. The number of hydrogen-bond donors (Lipinski definition) is 1. The number of thioether (sulfide) groups is 1. The number of hydrogen-bond acceptors (Lipinski definition) is 3. The molecule has 1 aromatic carbocycles. The molecule has 0 aromatic heterocycles. The Morgan fingerprint density at radius 2 is 2.00 bits per heavy atom. The Labute approximate surface area is 113 Å². The second kappa shape index (κ2) is 7.44. The van der Waals surface area contributed by atoms with Crippen molar-refractivity contribution in [2.75, 3.05) is 25.4 Å². The molecule has 1 rings (SSSR count). The maximum absolute atomic E-state index is 11.0. The summed E-state index contributed by atoms with van der Waals surface area (Å²) in [5.41, 5.74) is 1.22. The van der Waals surface area contributed by atoms with E-state index in [0.717, 1.165) is 35.8 Å². The molecule has 0 saturated carbocycles. The van der Waals surface area contributed by atoms with E-state index in [2.05, 4.69) is 18.7 Å². The number of carboxylic acids is 1. The highest BCUT2D eigenvalue weighted by atomic mass is 32.2. The van der Waals surface area contributed by atoms with Gasteiger partial charge in [-0.05, 0) is 37.7 Å². The third-order valence-corrected chi connectivity index (χ3v) is 3.98. The van der Waals surface area contributed by atoms with Gasteiger partial charge in [-0.2, -0.15) is 0 Å². The molecule has 0 amide bonds. The van der Waals surface area contributed by atoms with Crippen molar-refractivity contribution < 1.29 is 9.90 Å². The molecule has 0 spiro atoms. The molecular weight excluding hydrogens is 246 g/mol. The van der Waals surface area contributed by atoms with Crippen LogP contribution < -0.4 is 0 Å². The minimum atomic E-state index is -0.848. The molecule has 0 unspecified atom stereocenters. The van der Waals surface area contributed by atoms with Crippen molar-refractivity contribution in [2.24, 2.45) is 0 Å². The maximum Gasteiger partial charge on any atom is 0.335 e. The molecule has 1 N–H and O–H groups in total. The lowest BCUT2D eigenvalue weighted by molar-refractivity contribution is 0.0696. The fraction of sp³-hybridized carbons (Fsp3) is 0.500. The Balaban J connectivity index is 2.58. The van der Waals surface area contributed by atoms with E-state index in [0.29, 0.717) is 5.56 Å². The Kier molecular flexibility index (Phi) is 6.22. The van der Waals surface area contributed by atoms with E-state index in [4.69, 9.17) is 5.11 Å². The summed E-state index contributed by atoms with van der Waals surface area (Å²) < 4.78 is 0. The predicted octanol–water partition coefficient (Wildman–Crippen LogP) is 3.13. The van der Waals surface area contributed by atoms with Gasteiger partial charge in [-0.15, -0.1) is 11.8 Å². The van der Waals surface area contributed by atoms with Crippen molar-refractivity contribution in [3.8, 4) is 0 Å². The highest BCUT2D eigenvalue weighted by Crippen LogP contribution is 2.21. The average molecular weight is 267 g/mol. The molecule has 0 heterocycles. The first-order valence-electron chi connectivity index (χ1n) is 6.27. The largest absolute Gasteiger partial charge is 0.478 e. The van der Waals surface area contributed by atoms with Gasteiger partial charge < -0.3 is 10.0 Å². The number of aromatic carboxylic acids is 1. The van der Waals surface area contributed by atoms with Gasteiger partial charge in [0.25, 0.3) is 0 Å². The quantitative estimate of drug-likeness (QED) is 0.771. The van der Waals surface area contributed by atoms with Gasteiger partial charge in [0.15, 0.2) is 0 Å². The van der Waals surface area contributed by atoms with Gasteiger partial charge in [0.2, 0.25) is 0 Å². The third kappa shape index (κ3) is 4.35.